The molecule has 6 nitrogen and oxygen atoms in total. The molecule has 1 saturated heterocycles. The van der Waals surface area contributed by atoms with Crippen molar-refractivity contribution >= 4 is 26.9 Å². The normalized spacial score (nSPS) is 16.7. The molecule has 2 heterocycles. The second kappa shape index (κ2) is 7.64. The number of hydrogen-bond acceptors (Lipinski definition) is 4. The molecule has 0 N–H and O–H groups in total. The van der Waals surface area contributed by atoms with Crippen LogP contribution in [0, 0.1) is 12.8 Å². The van der Waals surface area contributed by atoms with Gasteiger partial charge >= 0.3 is 0 Å². The lowest BCUT2D eigenvalue weighted by Gasteiger charge is -2.29. The third-order valence-corrected chi connectivity index (χ3v) is 7.43. The van der Waals surface area contributed by atoms with Crippen molar-refractivity contribution in [3.8, 4) is 0 Å². The molecule has 7 heteroatoms. The van der Waals surface area contributed by atoms with Crippen molar-refractivity contribution in [1.82, 2.24) is 9.21 Å². The number of carbonyl (C=O) groups is 1. The van der Waals surface area contributed by atoms with Crippen molar-refractivity contribution in [2.45, 2.75) is 45.4 Å². The fraction of sp³-hybridized carbons (Fsp3) is 0.550. The van der Waals surface area contributed by atoms with Crippen molar-refractivity contribution < 1.29 is 17.6 Å². The van der Waals surface area contributed by atoms with Gasteiger partial charge in [0.25, 0.3) is 5.91 Å². The summed E-state index contributed by atoms with van der Waals surface area (Å²) in [5.41, 5.74) is 1.22. The average Bonchev–Trinajstić information content (AvgIpc) is 2.99. The molecule has 1 aliphatic heterocycles. The SMILES string of the molecule is CCN(CC)C(=O)c1oc2ccc(S(=O)(=O)N3CCC(C)CC3)cc2c1C. The fourth-order valence-electron chi connectivity index (χ4n) is 3.59. The maximum absolute atomic E-state index is 13.0. The monoisotopic (exact) mass is 392 g/mol. The molecule has 0 saturated carbocycles. The minimum Gasteiger partial charge on any atom is -0.451 e. The second-order valence-corrected chi connectivity index (χ2v) is 9.22. The lowest BCUT2D eigenvalue weighted by molar-refractivity contribution is 0.0742. The average molecular weight is 393 g/mol. The van der Waals surface area contributed by atoms with Gasteiger partial charge in [-0.15, -0.1) is 0 Å². The maximum atomic E-state index is 13.0. The smallest absolute Gasteiger partial charge is 0.289 e. The van der Waals surface area contributed by atoms with E-state index in [-0.39, 0.29) is 16.6 Å². The Labute approximate surface area is 161 Å². The molecule has 1 aromatic carbocycles. The van der Waals surface area contributed by atoms with Crippen LogP contribution in [0.3, 0.4) is 0 Å². The van der Waals surface area contributed by atoms with E-state index in [9.17, 15) is 13.2 Å². The molecule has 27 heavy (non-hydrogen) atoms. The highest BCUT2D eigenvalue weighted by atomic mass is 32.2. The number of amides is 1. The molecule has 1 fully saturated rings. The molecule has 1 aliphatic rings. The van der Waals surface area contributed by atoms with E-state index < -0.39 is 10.0 Å². The Bertz CT molecular complexity index is 936. The Morgan fingerprint density at radius 3 is 2.44 bits per heavy atom. The number of rotatable bonds is 5. The predicted molar refractivity (Wildman–Crippen MR) is 105 cm³/mol. The van der Waals surface area contributed by atoms with Gasteiger partial charge in [-0.25, -0.2) is 8.42 Å². The molecule has 1 aromatic heterocycles. The second-order valence-electron chi connectivity index (χ2n) is 7.28. The predicted octanol–water partition coefficient (Wildman–Crippen LogP) is 3.64. The summed E-state index contributed by atoms with van der Waals surface area (Å²) in [7, 11) is -3.53. The van der Waals surface area contributed by atoms with E-state index >= 15 is 0 Å². The summed E-state index contributed by atoms with van der Waals surface area (Å²) in [4.78, 5) is 14.6. The lowest BCUT2D eigenvalue weighted by atomic mass is 10.0. The van der Waals surface area contributed by atoms with E-state index in [1.165, 1.54) is 0 Å². The van der Waals surface area contributed by atoms with E-state index in [1.807, 2.05) is 20.8 Å². The fourth-order valence-corrected chi connectivity index (χ4v) is 5.09. The number of nitrogens with zero attached hydrogens (tertiary/aromatic N) is 2. The highest BCUT2D eigenvalue weighted by Crippen LogP contribution is 2.30. The molecule has 0 unspecified atom stereocenters. The van der Waals surface area contributed by atoms with Gasteiger partial charge in [0.1, 0.15) is 5.58 Å². The summed E-state index contributed by atoms with van der Waals surface area (Å²) in [6.45, 7) is 10.1. The molecule has 1 amide bonds. The van der Waals surface area contributed by atoms with Gasteiger partial charge in [-0.2, -0.15) is 4.31 Å². The molecule has 0 bridgehead atoms. The number of benzene rings is 1. The largest absolute Gasteiger partial charge is 0.451 e. The van der Waals surface area contributed by atoms with Gasteiger partial charge in [0.15, 0.2) is 5.76 Å². The van der Waals surface area contributed by atoms with Gasteiger partial charge < -0.3 is 9.32 Å². The van der Waals surface area contributed by atoms with Crippen molar-refractivity contribution in [3.63, 3.8) is 0 Å². The minimum atomic E-state index is -3.53. The van der Waals surface area contributed by atoms with Crippen LogP contribution < -0.4 is 0 Å². The summed E-state index contributed by atoms with van der Waals surface area (Å²) >= 11 is 0. The van der Waals surface area contributed by atoms with Crippen LogP contribution in [0.15, 0.2) is 27.5 Å². The first-order valence-electron chi connectivity index (χ1n) is 9.62. The Kier molecular flexibility index (Phi) is 5.63. The van der Waals surface area contributed by atoms with Gasteiger partial charge in [0.05, 0.1) is 4.90 Å². The first kappa shape index (κ1) is 19.9. The van der Waals surface area contributed by atoms with Gasteiger partial charge in [-0.1, -0.05) is 6.92 Å². The third kappa shape index (κ3) is 3.62. The number of sulfonamides is 1. The molecule has 0 spiro atoms. The van der Waals surface area contributed by atoms with E-state index in [2.05, 4.69) is 6.92 Å². The Morgan fingerprint density at radius 1 is 1.22 bits per heavy atom. The van der Waals surface area contributed by atoms with Crippen molar-refractivity contribution in [2.24, 2.45) is 5.92 Å². The highest BCUT2D eigenvalue weighted by molar-refractivity contribution is 7.89. The Hall–Kier alpha value is -1.86. The Morgan fingerprint density at radius 2 is 1.85 bits per heavy atom. The summed E-state index contributed by atoms with van der Waals surface area (Å²) in [5, 5.41) is 0.678. The maximum Gasteiger partial charge on any atom is 0.289 e. The number of hydrogen-bond donors (Lipinski definition) is 0. The van der Waals surface area contributed by atoms with E-state index in [0.717, 1.165) is 12.8 Å². The summed E-state index contributed by atoms with van der Waals surface area (Å²) in [5.74, 6) is 0.682. The third-order valence-electron chi connectivity index (χ3n) is 5.53. The molecular formula is C20H28N2O4S. The van der Waals surface area contributed by atoms with Crippen molar-refractivity contribution in [2.75, 3.05) is 26.2 Å². The van der Waals surface area contributed by atoms with Gasteiger partial charge in [0, 0.05) is 37.1 Å². The summed E-state index contributed by atoms with van der Waals surface area (Å²) in [6.07, 6.45) is 1.77. The molecule has 0 atom stereocenters. The van der Waals surface area contributed by atoms with Crippen LogP contribution in [-0.4, -0.2) is 49.7 Å². The molecule has 3 rings (SSSR count). The number of fused-ring (bicyclic) bond motifs is 1. The van der Waals surface area contributed by atoms with E-state index in [0.29, 0.717) is 48.6 Å². The quantitative estimate of drug-likeness (QED) is 0.779. The zero-order chi connectivity index (χ0) is 19.8. The van der Waals surface area contributed by atoms with Crippen LogP contribution in [0.4, 0.5) is 0 Å². The van der Waals surface area contributed by atoms with Crippen LogP contribution in [0.5, 0.6) is 0 Å². The van der Waals surface area contributed by atoms with Gasteiger partial charge in [0.2, 0.25) is 10.0 Å². The van der Waals surface area contributed by atoms with Crippen molar-refractivity contribution in [1.29, 1.82) is 0 Å². The number of furan rings is 1. The van der Waals surface area contributed by atoms with Crippen LogP contribution in [0.1, 0.15) is 49.7 Å². The molecule has 2 aromatic rings. The summed E-state index contributed by atoms with van der Waals surface area (Å²) in [6, 6.07) is 4.87. The number of piperidine rings is 1. The Balaban J connectivity index is 1.98. The standard InChI is InChI=1S/C20H28N2O4S/c1-5-21(6-2)20(23)19-15(4)17-13-16(7-8-18(17)26-19)27(24,25)22-11-9-14(3)10-12-22/h7-8,13-14H,5-6,9-12H2,1-4H3. The van der Waals surface area contributed by atoms with Crippen LogP contribution in [0.25, 0.3) is 11.0 Å². The first-order chi connectivity index (χ1) is 12.8. The van der Waals surface area contributed by atoms with Crippen LogP contribution >= 0.6 is 0 Å². The van der Waals surface area contributed by atoms with Crippen molar-refractivity contribution in [3.05, 3.63) is 29.5 Å². The molecule has 148 valence electrons. The van der Waals surface area contributed by atoms with Gasteiger partial charge in [-0.05, 0) is 57.7 Å². The molecule has 0 radical (unpaired) electrons. The van der Waals surface area contributed by atoms with Gasteiger partial charge in [-0.3, -0.25) is 4.79 Å². The summed E-state index contributed by atoms with van der Waals surface area (Å²) < 4.78 is 33.4. The van der Waals surface area contributed by atoms with E-state index in [4.69, 9.17) is 4.42 Å². The zero-order valence-corrected chi connectivity index (χ0v) is 17.3. The van der Waals surface area contributed by atoms with E-state index in [1.54, 1.807) is 27.4 Å². The highest BCUT2D eigenvalue weighted by Gasteiger charge is 2.29. The topological polar surface area (TPSA) is 70.8 Å². The van der Waals surface area contributed by atoms with Crippen LogP contribution in [-0.2, 0) is 10.0 Å². The number of aryl methyl sites for hydroxylation is 1. The lowest BCUT2D eigenvalue weighted by Crippen LogP contribution is -2.37. The zero-order valence-electron chi connectivity index (χ0n) is 16.5. The molecule has 0 aliphatic carbocycles. The van der Waals surface area contributed by atoms with Crippen LogP contribution in [0.2, 0.25) is 0 Å². The number of carbonyl (C=O) groups excluding carboxylic acids is 1. The molecular weight excluding hydrogens is 364 g/mol. The first-order valence-corrected chi connectivity index (χ1v) is 11.1. The minimum absolute atomic E-state index is 0.164.